The van der Waals surface area contributed by atoms with Gasteiger partial charge in [0.25, 0.3) is 5.91 Å². The van der Waals surface area contributed by atoms with E-state index >= 15 is 0 Å². The van der Waals surface area contributed by atoms with Crippen molar-refractivity contribution in [3.05, 3.63) is 57.3 Å². The van der Waals surface area contributed by atoms with E-state index in [1.54, 1.807) is 6.92 Å². The summed E-state index contributed by atoms with van der Waals surface area (Å²) < 4.78 is 18.3. The van der Waals surface area contributed by atoms with E-state index in [0.717, 1.165) is 0 Å². The van der Waals surface area contributed by atoms with Gasteiger partial charge in [0, 0.05) is 17.9 Å². The maximum atomic E-state index is 13.0. The van der Waals surface area contributed by atoms with E-state index in [0.29, 0.717) is 29.1 Å². The predicted molar refractivity (Wildman–Crippen MR) is 81.0 cm³/mol. The van der Waals surface area contributed by atoms with Crippen LogP contribution >= 0.6 is 0 Å². The summed E-state index contributed by atoms with van der Waals surface area (Å²) in [5, 5.41) is 0. The standard InChI is InChI=1S/C16H17FN2O3/c1-3-22-8-12-14(16(18)21)15(20)13(9(2)19-12)10-4-6-11(17)7-5-10/h4-7H,3,8H2,1-2H3,(H2,18,21)(H,19,20). The minimum absolute atomic E-state index is 0.0918. The van der Waals surface area contributed by atoms with Crippen LogP contribution in [-0.2, 0) is 11.3 Å². The van der Waals surface area contributed by atoms with Crippen molar-refractivity contribution in [2.45, 2.75) is 20.5 Å². The number of halogens is 1. The lowest BCUT2D eigenvalue weighted by Crippen LogP contribution is -2.27. The Morgan fingerprint density at radius 2 is 1.95 bits per heavy atom. The molecule has 3 N–H and O–H groups in total. The molecule has 1 aromatic heterocycles. The summed E-state index contributed by atoms with van der Waals surface area (Å²) in [7, 11) is 0. The smallest absolute Gasteiger partial charge is 0.254 e. The Balaban J connectivity index is 2.66. The highest BCUT2D eigenvalue weighted by Gasteiger charge is 2.20. The number of hydrogen-bond acceptors (Lipinski definition) is 3. The molecule has 5 nitrogen and oxygen atoms in total. The second-order valence-corrected chi connectivity index (χ2v) is 4.82. The van der Waals surface area contributed by atoms with Gasteiger partial charge in [-0.3, -0.25) is 9.59 Å². The Kier molecular flexibility index (Phi) is 4.72. The average Bonchev–Trinajstić information content (AvgIpc) is 2.46. The number of pyridine rings is 1. The molecule has 0 atom stereocenters. The van der Waals surface area contributed by atoms with Gasteiger partial charge in [0.05, 0.1) is 12.3 Å². The van der Waals surface area contributed by atoms with E-state index in [2.05, 4.69) is 4.98 Å². The quantitative estimate of drug-likeness (QED) is 0.887. The Labute approximate surface area is 126 Å². The number of aromatic nitrogens is 1. The van der Waals surface area contributed by atoms with Crippen LogP contribution in [0.1, 0.15) is 28.7 Å². The first-order valence-electron chi connectivity index (χ1n) is 6.85. The molecule has 1 aromatic carbocycles. The molecule has 22 heavy (non-hydrogen) atoms. The molecular weight excluding hydrogens is 287 g/mol. The summed E-state index contributed by atoms with van der Waals surface area (Å²) in [4.78, 5) is 27.3. The molecule has 0 saturated carbocycles. The van der Waals surface area contributed by atoms with E-state index in [1.165, 1.54) is 24.3 Å². The Bertz CT molecular complexity index is 751. The fourth-order valence-corrected chi connectivity index (χ4v) is 2.32. The van der Waals surface area contributed by atoms with Gasteiger partial charge in [-0.15, -0.1) is 0 Å². The molecule has 0 spiro atoms. The third kappa shape index (κ3) is 3.07. The Morgan fingerprint density at radius 1 is 1.32 bits per heavy atom. The molecular formula is C16H17FN2O3. The molecule has 0 unspecified atom stereocenters. The molecule has 6 heteroatoms. The van der Waals surface area contributed by atoms with Gasteiger partial charge in [-0.05, 0) is 31.5 Å². The molecule has 0 fully saturated rings. The number of benzene rings is 1. The van der Waals surface area contributed by atoms with Crippen molar-refractivity contribution in [3.8, 4) is 11.1 Å². The first-order chi connectivity index (χ1) is 10.5. The molecule has 0 aliphatic rings. The van der Waals surface area contributed by atoms with Crippen molar-refractivity contribution >= 4 is 5.91 Å². The minimum atomic E-state index is -0.820. The monoisotopic (exact) mass is 304 g/mol. The number of amides is 1. The van der Waals surface area contributed by atoms with Crippen LogP contribution in [0.2, 0.25) is 0 Å². The first kappa shape index (κ1) is 15.9. The highest BCUT2D eigenvalue weighted by Crippen LogP contribution is 2.21. The largest absolute Gasteiger partial charge is 0.376 e. The zero-order valence-corrected chi connectivity index (χ0v) is 12.4. The average molecular weight is 304 g/mol. The fourth-order valence-electron chi connectivity index (χ4n) is 2.32. The van der Waals surface area contributed by atoms with Crippen LogP contribution in [-0.4, -0.2) is 17.5 Å². The van der Waals surface area contributed by atoms with E-state index in [4.69, 9.17) is 10.5 Å². The topological polar surface area (TPSA) is 85.2 Å². The normalized spacial score (nSPS) is 10.7. The van der Waals surface area contributed by atoms with Gasteiger partial charge >= 0.3 is 0 Å². The molecule has 1 amide bonds. The zero-order chi connectivity index (χ0) is 16.3. The summed E-state index contributed by atoms with van der Waals surface area (Å²) >= 11 is 0. The lowest BCUT2D eigenvalue weighted by molar-refractivity contribution is 0.0985. The van der Waals surface area contributed by atoms with Gasteiger partial charge in [-0.1, -0.05) is 12.1 Å². The van der Waals surface area contributed by atoms with Crippen molar-refractivity contribution < 1.29 is 13.9 Å². The Morgan fingerprint density at radius 3 is 2.50 bits per heavy atom. The van der Waals surface area contributed by atoms with E-state index in [1.807, 2.05) is 6.92 Å². The number of carbonyl (C=O) groups excluding carboxylic acids is 1. The summed E-state index contributed by atoms with van der Waals surface area (Å²) in [5.41, 5.74) is 6.46. The van der Waals surface area contributed by atoms with Crippen molar-refractivity contribution in [1.82, 2.24) is 4.98 Å². The molecule has 0 radical (unpaired) electrons. The summed E-state index contributed by atoms with van der Waals surface area (Å²) in [6.07, 6.45) is 0. The van der Waals surface area contributed by atoms with E-state index < -0.39 is 17.2 Å². The van der Waals surface area contributed by atoms with Gasteiger partial charge in [-0.2, -0.15) is 0 Å². The maximum Gasteiger partial charge on any atom is 0.254 e. The molecule has 116 valence electrons. The third-order valence-electron chi connectivity index (χ3n) is 3.30. The number of hydrogen-bond donors (Lipinski definition) is 2. The van der Waals surface area contributed by atoms with E-state index in [-0.39, 0.29) is 12.2 Å². The fraction of sp³-hybridized carbons (Fsp3) is 0.250. The SMILES string of the molecule is CCOCc1[nH]c(C)c(-c2ccc(F)cc2)c(=O)c1C(N)=O. The molecule has 0 aliphatic carbocycles. The van der Waals surface area contributed by atoms with Crippen molar-refractivity contribution in [2.75, 3.05) is 6.61 Å². The van der Waals surface area contributed by atoms with Crippen LogP contribution in [0.3, 0.4) is 0 Å². The zero-order valence-electron chi connectivity index (χ0n) is 12.4. The van der Waals surface area contributed by atoms with Crippen molar-refractivity contribution in [1.29, 1.82) is 0 Å². The molecule has 2 rings (SSSR count). The number of rotatable bonds is 5. The van der Waals surface area contributed by atoms with Crippen molar-refractivity contribution in [2.24, 2.45) is 5.73 Å². The summed E-state index contributed by atoms with van der Waals surface area (Å²) in [5.74, 6) is -1.22. The Hall–Kier alpha value is -2.47. The third-order valence-corrected chi connectivity index (χ3v) is 3.30. The highest BCUT2D eigenvalue weighted by atomic mass is 19.1. The number of aryl methyl sites for hydroxylation is 1. The predicted octanol–water partition coefficient (Wildman–Crippen LogP) is 2.12. The highest BCUT2D eigenvalue weighted by molar-refractivity contribution is 5.95. The number of primary amides is 1. The lowest BCUT2D eigenvalue weighted by Gasteiger charge is -2.12. The number of ether oxygens (including phenoxy) is 1. The molecule has 0 aliphatic heterocycles. The number of nitrogens with one attached hydrogen (secondary N) is 1. The van der Waals surface area contributed by atoms with Crippen LogP contribution in [0.4, 0.5) is 4.39 Å². The molecule has 1 heterocycles. The molecule has 0 saturated heterocycles. The van der Waals surface area contributed by atoms with Crippen LogP contribution in [0.25, 0.3) is 11.1 Å². The van der Waals surface area contributed by atoms with Gasteiger partial charge in [0.1, 0.15) is 11.4 Å². The second-order valence-electron chi connectivity index (χ2n) is 4.82. The van der Waals surface area contributed by atoms with Gasteiger partial charge < -0.3 is 15.5 Å². The van der Waals surface area contributed by atoms with Gasteiger partial charge in [0.2, 0.25) is 5.43 Å². The van der Waals surface area contributed by atoms with Crippen LogP contribution in [0.15, 0.2) is 29.1 Å². The summed E-state index contributed by atoms with van der Waals surface area (Å²) in [6, 6.07) is 5.48. The van der Waals surface area contributed by atoms with Crippen LogP contribution in [0.5, 0.6) is 0 Å². The van der Waals surface area contributed by atoms with E-state index in [9.17, 15) is 14.0 Å². The maximum absolute atomic E-state index is 13.0. The van der Waals surface area contributed by atoms with Gasteiger partial charge in [-0.25, -0.2) is 4.39 Å². The van der Waals surface area contributed by atoms with Crippen LogP contribution in [0, 0.1) is 12.7 Å². The number of aromatic amines is 1. The molecule has 2 aromatic rings. The van der Waals surface area contributed by atoms with Crippen LogP contribution < -0.4 is 11.2 Å². The van der Waals surface area contributed by atoms with Gasteiger partial charge in [0.15, 0.2) is 0 Å². The lowest BCUT2D eigenvalue weighted by atomic mass is 9.99. The van der Waals surface area contributed by atoms with Crippen molar-refractivity contribution in [3.63, 3.8) is 0 Å². The molecule has 0 bridgehead atoms. The summed E-state index contributed by atoms with van der Waals surface area (Å²) in [6.45, 7) is 4.05. The number of nitrogens with two attached hydrogens (primary N) is 1. The second kappa shape index (κ2) is 6.53. The minimum Gasteiger partial charge on any atom is -0.376 e. The first-order valence-corrected chi connectivity index (χ1v) is 6.85. The number of carbonyl (C=O) groups is 1. The number of H-pyrrole nitrogens is 1.